The summed E-state index contributed by atoms with van der Waals surface area (Å²) in [6, 6.07) is 0.112. The molecule has 1 saturated heterocycles. The molecule has 1 rings (SSSR count). The predicted molar refractivity (Wildman–Crippen MR) is 57.3 cm³/mol. The number of hydrogen-bond donors (Lipinski definition) is 1. The number of rotatable bonds is 4. The van der Waals surface area contributed by atoms with Crippen molar-refractivity contribution in [1.29, 1.82) is 0 Å². The van der Waals surface area contributed by atoms with E-state index in [0.29, 0.717) is 19.7 Å². The van der Waals surface area contributed by atoms with Gasteiger partial charge in [0.25, 0.3) is 0 Å². The monoisotopic (exact) mass is 230 g/mol. The highest BCUT2D eigenvalue weighted by Gasteiger charge is 2.29. The minimum Gasteiger partial charge on any atom is -0.465 e. The van der Waals surface area contributed by atoms with E-state index in [-0.39, 0.29) is 18.6 Å². The van der Waals surface area contributed by atoms with Gasteiger partial charge < -0.3 is 14.7 Å². The van der Waals surface area contributed by atoms with Crippen LogP contribution in [-0.4, -0.2) is 66.3 Å². The number of hydrogen-bond acceptors (Lipinski definition) is 4. The molecule has 0 radical (unpaired) electrons. The van der Waals surface area contributed by atoms with Crippen LogP contribution in [0.2, 0.25) is 0 Å². The lowest BCUT2D eigenvalue weighted by molar-refractivity contribution is -0.144. The van der Waals surface area contributed by atoms with Gasteiger partial charge in [0.1, 0.15) is 0 Å². The van der Waals surface area contributed by atoms with E-state index in [2.05, 4.69) is 0 Å². The molecule has 0 aromatic rings. The van der Waals surface area contributed by atoms with Crippen molar-refractivity contribution in [3.63, 3.8) is 0 Å². The van der Waals surface area contributed by atoms with E-state index < -0.39 is 6.09 Å². The van der Waals surface area contributed by atoms with Gasteiger partial charge in [-0.05, 0) is 20.4 Å². The van der Waals surface area contributed by atoms with Gasteiger partial charge in [0.2, 0.25) is 0 Å². The maximum absolute atomic E-state index is 11.2. The lowest BCUT2D eigenvalue weighted by Crippen LogP contribution is -2.39. The van der Waals surface area contributed by atoms with Gasteiger partial charge in [0.15, 0.2) is 0 Å². The van der Waals surface area contributed by atoms with E-state index in [1.165, 1.54) is 4.90 Å². The van der Waals surface area contributed by atoms with E-state index >= 15 is 0 Å². The van der Waals surface area contributed by atoms with Gasteiger partial charge in [-0.1, -0.05) is 0 Å². The zero-order valence-electron chi connectivity index (χ0n) is 9.68. The van der Waals surface area contributed by atoms with E-state index in [4.69, 9.17) is 9.84 Å². The molecule has 1 aliphatic rings. The Morgan fingerprint density at radius 1 is 1.56 bits per heavy atom. The third kappa shape index (κ3) is 3.37. The SMILES string of the molecule is CCOC(=O)CN(C)[C@@H]1CCN(C(=O)O)C1. The molecule has 6 nitrogen and oxygen atoms in total. The standard InChI is InChI=1S/C10H18N2O4/c1-3-16-9(13)7-11(2)8-4-5-12(6-8)10(14)15/h8H,3-7H2,1-2H3,(H,14,15)/t8-/m1/s1. The summed E-state index contributed by atoms with van der Waals surface area (Å²) in [5.74, 6) is -0.265. The Hall–Kier alpha value is -1.30. The van der Waals surface area contributed by atoms with E-state index in [0.717, 1.165) is 6.42 Å². The number of likely N-dealkylation sites (N-methyl/N-ethyl adjacent to an activating group) is 1. The van der Waals surface area contributed by atoms with Gasteiger partial charge in [-0.25, -0.2) is 4.79 Å². The first-order valence-electron chi connectivity index (χ1n) is 5.38. The quantitative estimate of drug-likeness (QED) is 0.700. The summed E-state index contributed by atoms with van der Waals surface area (Å²) in [6.45, 7) is 3.35. The van der Waals surface area contributed by atoms with Crippen LogP contribution in [0.1, 0.15) is 13.3 Å². The van der Waals surface area contributed by atoms with Gasteiger partial charge in [0.05, 0.1) is 13.2 Å². The molecule has 0 unspecified atom stereocenters. The van der Waals surface area contributed by atoms with Crippen molar-refractivity contribution in [3.05, 3.63) is 0 Å². The third-order valence-corrected chi connectivity index (χ3v) is 2.74. The molecule has 92 valence electrons. The van der Waals surface area contributed by atoms with Crippen LogP contribution in [-0.2, 0) is 9.53 Å². The van der Waals surface area contributed by atoms with Crippen molar-refractivity contribution < 1.29 is 19.4 Å². The molecule has 1 N–H and O–H groups in total. The van der Waals surface area contributed by atoms with E-state index in [9.17, 15) is 9.59 Å². The van der Waals surface area contributed by atoms with Crippen LogP contribution >= 0.6 is 0 Å². The van der Waals surface area contributed by atoms with Gasteiger partial charge in [-0.15, -0.1) is 0 Å². The molecule has 0 aromatic heterocycles. The number of ether oxygens (including phenoxy) is 1. The zero-order chi connectivity index (χ0) is 12.1. The van der Waals surface area contributed by atoms with Crippen LogP contribution in [0.25, 0.3) is 0 Å². The van der Waals surface area contributed by atoms with Gasteiger partial charge in [0, 0.05) is 19.1 Å². The molecular formula is C10H18N2O4. The molecule has 1 amide bonds. The second-order valence-electron chi connectivity index (χ2n) is 3.89. The summed E-state index contributed by atoms with van der Waals surface area (Å²) in [6.07, 6.45) is -0.130. The summed E-state index contributed by atoms with van der Waals surface area (Å²) in [4.78, 5) is 25.2. The van der Waals surface area contributed by atoms with E-state index in [1.807, 2.05) is 11.9 Å². The molecule has 0 aliphatic carbocycles. The molecule has 1 fully saturated rings. The van der Waals surface area contributed by atoms with E-state index in [1.54, 1.807) is 6.92 Å². The molecule has 1 aliphatic heterocycles. The van der Waals surface area contributed by atoms with Gasteiger partial charge >= 0.3 is 12.1 Å². The van der Waals surface area contributed by atoms with Gasteiger partial charge in [-0.2, -0.15) is 0 Å². The number of carbonyl (C=O) groups excluding carboxylic acids is 1. The van der Waals surface area contributed by atoms with Crippen molar-refractivity contribution in [2.24, 2.45) is 0 Å². The summed E-state index contributed by atoms with van der Waals surface area (Å²) in [5, 5.41) is 8.79. The minimum absolute atomic E-state index is 0.112. The summed E-state index contributed by atoms with van der Waals surface area (Å²) >= 11 is 0. The Bertz CT molecular complexity index is 270. The highest BCUT2D eigenvalue weighted by Crippen LogP contribution is 2.14. The first-order valence-corrected chi connectivity index (χ1v) is 5.38. The number of carbonyl (C=O) groups is 2. The van der Waals surface area contributed by atoms with Crippen molar-refractivity contribution >= 4 is 12.1 Å². The molecule has 1 heterocycles. The maximum Gasteiger partial charge on any atom is 0.407 e. The van der Waals surface area contributed by atoms with Gasteiger partial charge in [-0.3, -0.25) is 9.69 Å². The highest BCUT2D eigenvalue weighted by atomic mass is 16.5. The van der Waals surface area contributed by atoms with Crippen LogP contribution in [0.3, 0.4) is 0 Å². The number of esters is 1. The molecule has 0 bridgehead atoms. The molecule has 6 heteroatoms. The van der Waals surface area contributed by atoms with Crippen LogP contribution in [0.5, 0.6) is 0 Å². The maximum atomic E-state index is 11.2. The van der Waals surface area contributed by atoms with Crippen molar-refractivity contribution in [2.45, 2.75) is 19.4 Å². The summed E-state index contributed by atoms with van der Waals surface area (Å²) < 4.78 is 4.84. The Kier molecular flexibility index (Phi) is 4.54. The Morgan fingerprint density at radius 3 is 2.75 bits per heavy atom. The first kappa shape index (κ1) is 12.8. The Labute approximate surface area is 94.8 Å². The van der Waals surface area contributed by atoms with Crippen LogP contribution in [0.4, 0.5) is 4.79 Å². The second kappa shape index (κ2) is 5.69. The first-order chi connectivity index (χ1) is 7.54. The predicted octanol–water partition coefficient (Wildman–Crippen LogP) is 0.234. The number of nitrogens with zero attached hydrogens (tertiary/aromatic N) is 2. The van der Waals surface area contributed by atoms with Crippen molar-refractivity contribution in [1.82, 2.24) is 9.80 Å². The fraction of sp³-hybridized carbons (Fsp3) is 0.800. The third-order valence-electron chi connectivity index (χ3n) is 2.74. The Morgan fingerprint density at radius 2 is 2.25 bits per heavy atom. The smallest absolute Gasteiger partial charge is 0.407 e. The topological polar surface area (TPSA) is 70.1 Å². The molecule has 1 atom stereocenters. The zero-order valence-corrected chi connectivity index (χ0v) is 9.68. The lowest BCUT2D eigenvalue weighted by atomic mass is 10.2. The fourth-order valence-electron chi connectivity index (χ4n) is 1.81. The Balaban J connectivity index is 2.36. The molecule has 16 heavy (non-hydrogen) atoms. The van der Waals surface area contributed by atoms with Crippen molar-refractivity contribution in [2.75, 3.05) is 33.3 Å². The number of likely N-dealkylation sites (tertiary alicyclic amines) is 1. The highest BCUT2D eigenvalue weighted by molar-refractivity contribution is 5.71. The average Bonchev–Trinajstić information content (AvgIpc) is 2.66. The lowest BCUT2D eigenvalue weighted by Gasteiger charge is -2.22. The molecular weight excluding hydrogens is 212 g/mol. The molecule has 0 aromatic carbocycles. The normalized spacial score (nSPS) is 20.2. The summed E-state index contributed by atoms with van der Waals surface area (Å²) in [7, 11) is 1.81. The van der Waals surface area contributed by atoms with Crippen LogP contribution in [0.15, 0.2) is 0 Å². The molecule has 0 saturated carbocycles. The fourth-order valence-corrected chi connectivity index (χ4v) is 1.81. The summed E-state index contributed by atoms with van der Waals surface area (Å²) in [5.41, 5.74) is 0. The molecule has 0 spiro atoms. The second-order valence-corrected chi connectivity index (χ2v) is 3.89. The van der Waals surface area contributed by atoms with Crippen LogP contribution in [0, 0.1) is 0 Å². The van der Waals surface area contributed by atoms with Crippen molar-refractivity contribution in [3.8, 4) is 0 Å². The number of amides is 1. The largest absolute Gasteiger partial charge is 0.465 e. The minimum atomic E-state index is -0.896. The number of carboxylic acid groups (broad SMARTS) is 1. The van der Waals surface area contributed by atoms with Crippen LogP contribution < -0.4 is 0 Å². The average molecular weight is 230 g/mol.